The molecule has 3 rings (SSSR count). The molecule has 5 N–H and O–H groups in total. The first kappa shape index (κ1) is 33.9. The molecule has 2 aromatic rings. The second kappa shape index (κ2) is 18.2. The average Bonchev–Trinajstić information content (AvgIpc) is 3.61. The van der Waals surface area contributed by atoms with E-state index in [1.54, 1.807) is 6.07 Å². The zero-order valence-electron chi connectivity index (χ0n) is 23.6. The summed E-state index contributed by atoms with van der Waals surface area (Å²) >= 11 is 1.36. The maximum Gasteiger partial charge on any atom is 0.348 e. The molecule has 40 heavy (non-hydrogen) atoms. The van der Waals surface area contributed by atoms with E-state index in [4.69, 9.17) is 14.9 Å². The number of aliphatic hydroxyl groups is 5. The lowest BCUT2D eigenvalue weighted by Crippen LogP contribution is -2.34. The number of carbonyl (C=O) groups is 2. The van der Waals surface area contributed by atoms with Gasteiger partial charge in [-0.2, -0.15) is 0 Å². The van der Waals surface area contributed by atoms with E-state index in [0.29, 0.717) is 11.3 Å². The van der Waals surface area contributed by atoms with Crippen molar-refractivity contribution in [3.8, 4) is 0 Å². The van der Waals surface area contributed by atoms with Crippen LogP contribution in [0.2, 0.25) is 0 Å². The van der Waals surface area contributed by atoms with Gasteiger partial charge >= 0.3 is 5.97 Å². The predicted molar refractivity (Wildman–Crippen MR) is 155 cm³/mol. The highest BCUT2D eigenvalue weighted by Crippen LogP contribution is 2.25. The van der Waals surface area contributed by atoms with E-state index < -0.39 is 30.9 Å². The first-order valence-corrected chi connectivity index (χ1v) is 15.0. The fourth-order valence-electron chi connectivity index (χ4n) is 4.29. The van der Waals surface area contributed by atoms with Crippen molar-refractivity contribution in [2.75, 3.05) is 24.7 Å². The zero-order chi connectivity index (χ0) is 29.5. The molecule has 0 aliphatic carbocycles. The number of hydrogen-bond donors (Lipinski definition) is 5. The number of nitrogens with zero attached hydrogens (tertiary/aromatic N) is 1. The Morgan fingerprint density at radius 2 is 1.73 bits per heavy atom. The molecule has 1 aromatic heterocycles. The summed E-state index contributed by atoms with van der Waals surface area (Å²) in [5.41, 5.74) is 1.90. The second-order valence-corrected chi connectivity index (χ2v) is 11.2. The Bertz CT molecular complexity index is 1010. The van der Waals surface area contributed by atoms with Gasteiger partial charge in [-0.15, -0.1) is 11.3 Å². The summed E-state index contributed by atoms with van der Waals surface area (Å²) in [6.45, 7) is 4.17. The van der Waals surface area contributed by atoms with Gasteiger partial charge in [-0.1, -0.05) is 51.7 Å². The van der Waals surface area contributed by atoms with E-state index in [2.05, 4.69) is 13.8 Å². The van der Waals surface area contributed by atoms with Crippen molar-refractivity contribution in [3.63, 3.8) is 0 Å². The topological polar surface area (TPSA) is 148 Å². The number of aryl methyl sites for hydroxylation is 1. The van der Waals surface area contributed by atoms with Crippen LogP contribution in [0.25, 0.3) is 0 Å². The third kappa shape index (κ3) is 11.3. The van der Waals surface area contributed by atoms with Gasteiger partial charge in [0.1, 0.15) is 17.6 Å². The first-order chi connectivity index (χ1) is 19.2. The number of aliphatic hydroxyl groups excluding tert-OH is 5. The van der Waals surface area contributed by atoms with Crippen LogP contribution in [-0.2, 0) is 16.0 Å². The van der Waals surface area contributed by atoms with Gasteiger partial charge in [0.25, 0.3) is 0 Å². The average molecular weight is 580 g/mol. The SMILES string of the molecule is CCCCC[C@H](O)c1ccc(N2CCCC2=O)cc1.CCCc1ccc(C(=O)OCC(O)CC(O)C(O)CO)s1. The van der Waals surface area contributed by atoms with Crippen molar-refractivity contribution in [1.29, 1.82) is 0 Å². The molecule has 0 saturated carbocycles. The Labute approximate surface area is 241 Å². The number of unbranched alkanes of at least 4 members (excludes halogenated alkanes) is 2. The monoisotopic (exact) mass is 579 g/mol. The highest BCUT2D eigenvalue weighted by atomic mass is 32.1. The molecule has 9 nitrogen and oxygen atoms in total. The number of rotatable bonds is 15. The summed E-state index contributed by atoms with van der Waals surface area (Å²) in [5.74, 6) is -0.310. The molecule has 0 spiro atoms. The molecule has 1 fully saturated rings. The Morgan fingerprint density at radius 1 is 1.00 bits per heavy atom. The van der Waals surface area contributed by atoms with E-state index in [0.717, 1.165) is 61.2 Å². The number of thiophene rings is 1. The largest absolute Gasteiger partial charge is 0.459 e. The van der Waals surface area contributed by atoms with Crippen LogP contribution in [0, 0.1) is 0 Å². The van der Waals surface area contributed by atoms with Crippen LogP contribution in [-0.4, -0.2) is 75.5 Å². The normalized spacial score (nSPS) is 16.2. The summed E-state index contributed by atoms with van der Waals surface area (Å²) in [7, 11) is 0. The van der Waals surface area contributed by atoms with Crippen molar-refractivity contribution in [2.45, 2.75) is 96.1 Å². The van der Waals surface area contributed by atoms with E-state index >= 15 is 0 Å². The van der Waals surface area contributed by atoms with Crippen LogP contribution >= 0.6 is 11.3 Å². The summed E-state index contributed by atoms with van der Waals surface area (Å²) in [4.78, 5) is 26.8. The van der Waals surface area contributed by atoms with Crippen LogP contribution in [0.4, 0.5) is 5.69 Å². The summed E-state index contributed by atoms with van der Waals surface area (Å²) in [5, 5.41) is 46.9. The van der Waals surface area contributed by atoms with Crippen molar-refractivity contribution >= 4 is 28.9 Å². The fourth-order valence-corrected chi connectivity index (χ4v) is 5.29. The maximum atomic E-state index is 11.8. The van der Waals surface area contributed by atoms with Crippen LogP contribution in [0.15, 0.2) is 36.4 Å². The fraction of sp³-hybridized carbons (Fsp3) is 0.600. The highest BCUT2D eigenvalue weighted by molar-refractivity contribution is 7.13. The highest BCUT2D eigenvalue weighted by Gasteiger charge is 2.22. The molecule has 1 saturated heterocycles. The number of hydrogen-bond acceptors (Lipinski definition) is 9. The Kier molecular flexibility index (Phi) is 15.4. The smallest absolute Gasteiger partial charge is 0.348 e. The number of anilines is 1. The Hall–Kier alpha value is -2.34. The lowest BCUT2D eigenvalue weighted by Gasteiger charge is -2.18. The van der Waals surface area contributed by atoms with E-state index in [9.17, 15) is 24.9 Å². The predicted octanol–water partition coefficient (Wildman–Crippen LogP) is 3.75. The molecular formula is C30H45NO8S. The van der Waals surface area contributed by atoms with Gasteiger partial charge in [0, 0.05) is 30.0 Å². The van der Waals surface area contributed by atoms with Gasteiger partial charge < -0.3 is 35.2 Å². The van der Waals surface area contributed by atoms with Crippen molar-refractivity contribution in [3.05, 3.63) is 51.7 Å². The Morgan fingerprint density at radius 3 is 2.33 bits per heavy atom. The van der Waals surface area contributed by atoms with Gasteiger partial charge in [0.15, 0.2) is 0 Å². The van der Waals surface area contributed by atoms with E-state index in [-0.39, 0.29) is 25.0 Å². The van der Waals surface area contributed by atoms with Crippen LogP contribution < -0.4 is 4.90 Å². The minimum absolute atomic E-state index is 0.180. The van der Waals surface area contributed by atoms with Crippen molar-refractivity contribution < 1.29 is 39.9 Å². The maximum absolute atomic E-state index is 11.8. The van der Waals surface area contributed by atoms with Gasteiger partial charge in [-0.25, -0.2) is 4.79 Å². The lowest BCUT2D eigenvalue weighted by atomic mass is 10.0. The quantitative estimate of drug-likeness (QED) is 0.158. The molecule has 3 unspecified atom stereocenters. The second-order valence-electron chi connectivity index (χ2n) is 10.1. The minimum atomic E-state index is -1.32. The van der Waals surface area contributed by atoms with Crippen LogP contribution in [0.5, 0.6) is 0 Å². The summed E-state index contributed by atoms with van der Waals surface area (Å²) in [6.07, 6.45) is 3.48. The standard InChI is InChI=1S/C16H23NO2.C14H22O6S/c1-2-3-4-6-15(18)13-8-10-14(11-9-13)17-12-5-7-16(17)19;1-2-3-10-4-5-13(21-10)14(19)20-8-9(16)6-11(17)12(18)7-15/h8-11,15,18H,2-7,12H2,1H3;4-5,9,11-12,15-18H,2-3,6-8H2,1H3/t15-;/m0./s1. The molecule has 10 heteroatoms. The van der Waals surface area contributed by atoms with Gasteiger partial charge in [-0.05, 0) is 49.1 Å². The third-order valence-electron chi connectivity index (χ3n) is 6.65. The molecule has 0 bridgehead atoms. The van der Waals surface area contributed by atoms with Crippen molar-refractivity contribution in [1.82, 2.24) is 0 Å². The molecule has 1 aliphatic heterocycles. The molecule has 1 amide bonds. The summed E-state index contributed by atoms with van der Waals surface area (Å²) < 4.78 is 4.96. The van der Waals surface area contributed by atoms with Gasteiger partial charge in [0.2, 0.25) is 5.91 Å². The lowest BCUT2D eigenvalue weighted by molar-refractivity contribution is -0.117. The number of ether oxygens (including phenoxy) is 1. The van der Waals surface area contributed by atoms with Gasteiger partial charge in [-0.3, -0.25) is 4.79 Å². The van der Waals surface area contributed by atoms with Gasteiger partial charge in [0.05, 0.1) is 24.9 Å². The number of amides is 1. The van der Waals surface area contributed by atoms with E-state index in [1.807, 2.05) is 35.2 Å². The molecule has 224 valence electrons. The van der Waals surface area contributed by atoms with Crippen molar-refractivity contribution in [2.24, 2.45) is 0 Å². The Balaban J connectivity index is 0.000000281. The third-order valence-corrected chi connectivity index (χ3v) is 7.78. The number of carbonyl (C=O) groups excluding carboxylic acids is 2. The molecule has 0 radical (unpaired) electrons. The molecule has 4 atom stereocenters. The molecule has 2 heterocycles. The van der Waals surface area contributed by atoms with Crippen LogP contribution in [0.1, 0.15) is 91.4 Å². The van der Waals surface area contributed by atoms with E-state index in [1.165, 1.54) is 17.8 Å². The molecule has 1 aromatic carbocycles. The zero-order valence-corrected chi connectivity index (χ0v) is 24.4. The number of benzene rings is 1. The molecule has 1 aliphatic rings. The summed E-state index contributed by atoms with van der Waals surface area (Å²) in [6, 6.07) is 11.3. The number of esters is 1. The first-order valence-electron chi connectivity index (χ1n) is 14.2. The minimum Gasteiger partial charge on any atom is -0.459 e. The van der Waals surface area contributed by atoms with Crippen LogP contribution in [0.3, 0.4) is 0 Å². The molecular weight excluding hydrogens is 534 g/mol.